The fourth-order valence-electron chi connectivity index (χ4n) is 4.11. The lowest BCUT2D eigenvalue weighted by Gasteiger charge is -2.25. The number of carbonyl (C=O) groups excluding carboxylic acids is 1. The Hall–Kier alpha value is -2.72. The van der Waals surface area contributed by atoms with Gasteiger partial charge in [-0.3, -0.25) is 4.79 Å². The van der Waals surface area contributed by atoms with E-state index in [1.807, 2.05) is 30.3 Å². The Kier molecular flexibility index (Phi) is 3.94. The lowest BCUT2D eigenvalue weighted by atomic mass is 9.82. The molecule has 2 aliphatic rings. The van der Waals surface area contributed by atoms with Gasteiger partial charge < -0.3 is 4.90 Å². The highest BCUT2D eigenvalue weighted by atomic mass is 35.5. The van der Waals surface area contributed by atoms with Crippen molar-refractivity contribution in [2.24, 2.45) is 0 Å². The second kappa shape index (κ2) is 6.46. The molecule has 0 saturated heterocycles. The van der Waals surface area contributed by atoms with E-state index in [0.29, 0.717) is 23.0 Å². The molecule has 0 amide bonds. The second-order valence-corrected chi connectivity index (χ2v) is 7.58. The third kappa shape index (κ3) is 2.90. The van der Waals surface area contributed by atoms with Crippen LogP contribution in [0.4, 0.5) is 11.6 Å². The van der Waals surface area contributed by atoms with Crippen molar-refractivity contribution in [3.05, 3.63) is 82.1 Å². The number of para-hydroxylation sites is 1. The number of ketones is 1. The van der Waals surface area contributed by atoms with Crippen LogP contribution in [0.2, 0.25) is 5.02 Å². The molecule has 0 fully saturated rings. The summed E-state index contributed by atoms with van der Waals surface area (Å²) in [5.74, 6) is 0.894. The van der Waals surface area contributed by atoms with Gasteiger partial charge in [-0.2, -0.15) is 0 Å². The van der Waals surface area contributed by atoms with Gasteiger partial charge in [0.05, 0.1) is 11.3 Å². The Morgan fingerprint density at radius 1 is 1.07 bits per heavy atom. The number of anilines is 2. The van der Waals surface area contributed by atoms with Crippen molar-refractivity contribution in [1.82, 2.24) is 9.97 Å². The predicted molar refractivity (Wildman–Crippen MR) is 106 cm³/mol. The first-order chi connectivity index (χ1) is 13.2. The maximum atomic E-state index is 12.7. The molecule has 1 aliphatic heterocycles. The molecule has 1 aliphatic carbocycles. The summed E-state index contributed by atoms with van der Waals surface area (Å²) in [5.41, 5.74) is 5.06. The van der Waals surface area contributed by atoms with Crippen LogP contribution in [0.15, 0.2) is 54.7 Å². The standard InChI is InChI=1S/C22H18ClN3O/c23-17-6-3-5-15(10-17)16-11-19-18(21(27)12-16)13-24-22(25-19)26-9-8-14-4-1-2-7-20(14)26/h1-7,10,13,16H,8-9,11-12H2/t16-/m0/s1. The van der Waals surface area contributed by atoms with Gasteiger partial charge in [0.25, 0.3) is 0 Å². The van der Waals surface area contributed by atoms with Crippen LogP contribution in [0.25, 0.3) is 0 Å². The zero-order chi connectivity index (χ0) is 18.4. The van der Waals surface area contributed by atoms with E-state index in [2.05, 4.69) is 28.1 Å². The summed E-state index contributed by atoms with van der Waals surface area (Å²) in [6.45, 7) is 0.865. The van der Waals surface area contributed by atoms with Crippen LogP contribution in [0, 0.1) is 0 Å². The summed E-state index contributed by atoms with van der Waals surface area (Å²) in [4.78, 5) is 24.1. The molecule has 134 valence electrons. The van der Waals surface area contributed by atoms with Crippen molar-refractivity contribution in [3.63, 3.8) is 0 Å². The van der Waals surface area contributed by atoms with Crippen molar-refractivity contribution in [1.29, 1.82) is 0 Å². The van der Waals surface area contributed by atoms with Gasteiger partial charge in [-0.1, -0.05) is 41.9 Å². The van der Waals surface area contributed by atoms with Crippen molar-refractivity contribution >= 4 is 29.0 Å². The quantitative estimate of drug-likeness (QED) is 0.649. The zero-order valence-electron chi connectivity index (χ0n) is 14.7. The SMILES string of the molecule is O=C1C[C@@H](c2cccc(Cl)c2)Cc2nc(N3CCc4ccccc43)ncc21. The minimum Gasteiger partial charge on any atom is -0.310 e. The van der Waals surface area contributed by atoms with Gasteiger partial charge in [0, 0.05) is 29.9 Å². The molecule has 4 nitrogen and oxygen atoms in total. The van der Waals surface area contributed by atoms with Crippen LogP contribution in [-0.2, 0) is 12.8 Å². The van der Waals surface area contributed by atoms with E-state index in [1.54, 1.807) is 6.20 Å². The average molecular weight is 376 g/mol. The highest BCUT2D eigenvalue weighted by Gasteiger charge is 2.30. The summed E-state index contributed by atoms with van der Waals surface area (Å²) in [5, 5.41) is 0.697. The normalized spacial score (nSPS) is 18.3. The van der Waals surface area contributed by atoms with Crippen LogP contribution in [0.3, 0.4) is 0 Å². The summed E-state index contributed by atoms with van der Waals surface area (Å²) >= 11 is 6.14. The van der Waals surface area contributed by atoms with Gasteiger partial charge >= 0.3 is 0 Å². The van der Waals surface area contributed by atoms with Crippen LogP contribution in [0.5, 0.6) is 0 Å². The van der Waals surface area contributed by atoms with Gasteiger partial charge in [0.1, 0.15) is 0 Å². The van der Waals surface area contributed by atoms with E-state index < -0.39 is 0 Å². The first-order valence-electron chi connectivity index (χ1n) is 9.19. The number of carbonyl (C=O) groups is 1. The van der Waals surface area contributed by atoms with E-state index in [1.165, 1.54) is 5.56 Å². The Morgan fingerprint density at radius 3 is 2.85 bits per heavy atom. The van der Waals surface area contributed by atoms with Gasteiger partial charge in [-0.15, -0.1) is 0 Å². The number of hydrogen-bond donors (Lipinski definition) is 0. The van der Waals surface area contributed by atoms with E-state index in [9.17, 15) is 4.79 Å². The van der Waals surface area contributed by atoms with Crippen molar-refractivity contribution in [2.45, 2.75) is 25.2 Å². The smallest absolute Gasteiger partial charge is 0.230 e. The molecule has 1 aromatic heterocycles. The molecule has 2 aromatic carbocycles. The van der Waals surface area contributed by atoms with Crippen molar-refractivity contribution in [3.8, 4) is 0 Å². The zero-order valence-corrected chi connectivity index (χ0v) is 15.5. The second-order valence-electron chi connectivity index (χ2n) is 7.14. The lowest BCUT2D eigenvalue weighted by Crippen LogP contribution is -2.23. The maximum absolute atomic E-state index is 12.7. The molecule has 0 unspecified atom stereocenters. The van der Waals surface area contributed by atoms with Gasteiger partial charge in [0.2, 0.25) is 5.95 Å². The molecule has 2 heterocycles. The molecular weight excluding hydrogens is 358 g/mol. The van der Waals surface area contributed by atoms with E-state index >= 15 is 0 Å². The molecule has 27 heavy (non-hydrogen) atoms. The Balaban J connectivity index is 1.50. The molecule has 0 bridgehead atoms. The first-order valence-corrected chi connectivity index (χ1v) is 9.57. The number of rotatable bonds is 2. The largest absolute Gasteiger partial charge is 0.310 e. The van der Waals surface area contributed by atoms with Crippen molar-refractivity contribution in [2.75, 3.05) is 11.4 Å². The summed E-state index contributed by atoms with van der Waals surface area (Å²) in [6, 6.07) is 16.1. The number of fused-ring (bicyclic) bond motifs is 2. The Morgan fingerprint density at radius 2 is 1.96 bits per heavy atom. The lowest BCUT2D eigenvalue weighted by molar-refractivity contribution is 0.0962. The highest BCUT2D eigenvalue weighted by molar-refractivity contribution is 6.30. The third-order valence-electron chi connectivity index (χ3n) is 5.48. The molecule has 3 aromatic rings. The average Bonchev–Trinajstić information content (AvgIpc) is 3.11. The Labute approximate surface area is 162 Å². The molecule has 0 spiro atoms. The van der Waals surface area contributed by atoms with Gasteiger partial charge in [-0.05, 0) is 48.1 Å². The minimum absolute atomic E-state index is 0.106. The fourth-order valence-corrected chi connectivity index (χ4v) is 4.31. The summed E-state index contributed by atoms with van der Waals surface area (Å²) in [6.07, 6.45) is 3.89. The molecule has 0 radical (unpaired) electrons. The summed E-state index contributed by atoms with van der Waals surface area (Å²) in [7, 11) is 0. The van der Waals surface area contributed by atoms with Crippen molar-refractivity contribution < 1.29 is 4.79 Å². The molecule has 5 rings (SSSR count). The highest BCUT2D eigenvalue weighted by Crippen LogP contribution is 2.36. The minimum atomic E-state index is 0.106. The number of hydrogen-bond acceptors (Lipinski definition) is 4. The van der Waals surface area contributed by atoms with E-state index in [4.69, 9.17) is 16.6 Å². The molecule has 0 N–H and O–H groups in total. The number of aromatic nitrogens is 2. The predicted octanol–water partition coefficient (Wildman–Crippen LogP) is 4.74. The van der Waals surface area contributed by atoms with Gasteiger partial charge in [0.15, 0.2) is 5.78 Å². The van der Waals surface area contributed by atoms with Gasteiger partial charge in [-0.25, -0.2) is 9.97 Å². The number of benzene rings is 2. The van der Waals surface area contributed by atoms with Crippen LogP contribution in [0.1, 0.15) is 39.5 Å². The molecule has 1 atom stereocenters. The monoisotopic (exact) mass is 375 g/mol. The fraction of sp³-hybridized carbons (Fsp3) is 0.227. The first kappa shape index (κ1) is 16.5. The van der Waals surface area contributed by atoms with E-state index in [0.717, 1.165) is 36.3 Å². The van der Waals surface area contributed by atoms with Crippen LogP contribution < -0.4 is 4.90 Å². The molecular formula is C22H18ClN3O. The molecule has 5 heteroatoms. The van der Waals surface area contributed by atoms with Crippen LogP contribution in [-0.4, -0.2) is 22.3 Å². The van der Waals surface area contributed by atoms with E-state index in [-0.39, 0.29) is 11.7 Å². The number of halogens is 1. The maximum Gasteiger partial charge on any atom is 0.230 e. The van der Waals surface area contributed by atoms with Crippen LogP contribution >= 0.6 is 11.6 Å². The molecule has 0 saturated carbocycles. The number of nitrogens with zero attached hydrogens (tertiary/aromatic N) is 3. The third-order valence-corrected chi connectivity index (χ3v) is 5.71. The number of Topliss-reactive ketones (excluding diaryl/α,β-unsaturated/α-hetero) is 1. The summed E-state index contributed by atoms with van der Waals surface area (Å²) < 4.78 is 0. The Bertz CT molecular complexity index is 1050. The topological polar surface area (TPSA) is 46.1 Å².